The van der Waals surface area contributed by atoms with E-state index < -0.39 is 0 Å². The van der Waals surface area contributed by atoms with Crippen molar-refractivity contribution in [3.63, 3.8) is 0 Å². The zero-order chi connectivity index (χ0) is 19.7. The Balaban J connectivity index is 2.40. The van der Waals surface area contributed by atoms with Crippen molar-refractivity contribution in [3.8, 4) is 5.75 Å². The maximum absolute atomic E-state index is 11.5. The first-order valence-corrected chi connectivity index (χ1v) is 10.5. The number of aromatic hydroxyl groups is 1. The maximum atomic E-state index is 11.5. The van der Waals surface area contributed by atoms with Crippen LogP contribution in [0.2, 0.25) is 0 Å². The Hall–Kier alpha value is -1.16. The minimum Gasteiger partial charge on any atom is -0.507 e. The van der Waals surface area contributed by atoms with Gasteiger partial charge in [-0.25, -0.2) is 0 Å². The topological polar surface area (TPSA) is 46.5 Å². The molecule has 1 aliphatic rings. The smallest absolute Gasteiger partial charge is 0.302 e. The minimum atomic E-state index is -0.195. The molecule has 0 heterocycles. The summed E-state index contributed by atoms with van der Waals surface area (Å²) >= 11 is 1.80. The van der Waals surface area contributed by atoms with Crippen molar-refractivity contribution in [2.45, 2.75) is 101 Å². The van der Waals surface area contributed by atoms with Crippen LogP contribution >= 0.6 is 11.8 Å². The molecule has 0 aliphatic heterocycles. The lowest BCUT2D eigenvalue weighted by Gasteiger charge is -2.32. The van der Waals surface area contributed by atoms with Crippen LogP contribution in [0.25, 0.3) is 0 Å². The molecule has 1 aliphatic carbocycles. The molecule has 1 fully saturated rings. The molecule has 0 saturated heterocycles. The predicted molar refractivity (Wildman–Crippen MR) is 109 cm³/mol. The zero-order valence-corrected chi connectivity index (χ0v) is 18.1. The molecule has 0 aromatic heterocycles. The van der Waals surface area contributed by atoms with Gasteiger partial charge in [0.25, 0.3) is 0 Å². The van der Waals surface area contributed by atoms with Crippen molar-refractivity contribution in [1.29, 1.82) is 0 Å². The molecule has 1 N–H and O–H groups in total. The van der Waals surface area contributed by atoms with Gasteiger partial charge in [0, 0.05) is 28.2 Å². The number of benzene rings is 1. The molecule has 0 spiro atoms. The number of rotatable bonds is 3. The normalized spacial score (nSPS) is 21.5. The van der Waals surface area contributed by atoms with Crippen LogP contribution in [0.4, 0.5) is 0 Å². The summed E-state index contributed by atoms with van der Waals surface area (Å²) in [7, 11) is 0. The quantitative estimate of drug-likeness (QED) is 0.660. The first-order chi connectivity index (χ1) is 11.9. The lowest BCUT2D eigenvalue weighted by Crippen LogP contribution is -2.31. The maximum Gasteiger partial charge on any atom is 0.302 e. The molecule has 0 bridgehead atoms. The summed E-state index contributed by atoms with van der Waals surface area (Å²) in [5.41, 5.74) is 1.69. The summed E-state index contributed by atoms with van der Waals surface area (Å²) in [5.74, 6) is 0.216. The second kappa shape index (κ2) is 7.84. The highest BCUT2D eigenvalue weighted by Gasteiger charge is 2.31. The molecule has 2 unspecified atom stereocenters. The van der Waals surface area contributed by atoms with Crippen molar-refractivity contribution in [2.75, 3.05) is 0 Å². The Morgan fingerprint density at radius 3 is 2.00 bits per heavy atom. The highest BCUT2D eigenvalue weighted by atomic mass is 32.2. The summed E-state index contributed by atoms with van der Waals surface area (Å²) in [5, 5.41) is 11.2. The fourth-order valence-electron chi connectivity index (χ4n) is 3.54. The molecule has 1 aromatic carbocycles. The third kappa shape index (κ3) is 5.18. The van der Waals surface area contributed by atoms with E-state index in [4.69, 9.17) is 4.74 Å². The monoisotopic (exact) mass is 378 g/mol. The average Bonchev–Trinajstić information content (AvgIpc) is 2.48. The van der Waals surface area contributed by atoms with E-state index in [0.29, 0.717) is 5.75 Å². The molecule has 0 radical (unpaired) electrons. The first kappa shape index (κ1) is 21.1. The van der Waals surface area contributed by atoms with E-state index in [1.807, 2.05) is 0 Å². The van der Waals surface area contributed by atoms with Crippen LogP contribution in [0, 0.1) is 0 Å². The summed E-state index contributed by atoms with van der Waals surface area (Å²) in [4.78, 5) is 12.6. The molecule has 2 atom stereocenters. The van der Waals surface area contributed by atoms with E-state index >= 15 is 0 Å². The molecule has 146 valence electrons. The van der Waals surface area contributed by atoms with Crippen LogP contribution in [0.15, 0.2) is 17.0 Å². The van der Waals surface area contributed by atoms with Crippen LogP contribution in [0.1, 0.15) is 85.3 Å². The molecule has 2 rings (SSSR count). The van der Waals surface area contributed by atoms with E-state index in [9.17, 15) is 9.90 Å². The summed E-state index contributed by atoms with van der Waals surface area (Å²) in [6, 6.07) is 4.24. The number of phenolic OH excluding ortho intramolecular Hbond substituents is 1. The SMILES string of the molecule is CC(=O)OC1CCCCC1Sc1cc(C(C)(C)C)c(O)c(C(C)(C)C)c1. The number of carbonyl (C=O) groups excluding carboxylic acids is 1. The molecule has 3 nitrogen and oxygen atoms in total. The highest BCUT2D eigenvalue weighted by Crippen LogP contribution is 2.44. The average molecular weight is 379 g/mol. The van der Waals surface area contributed by atoms with Gasteiger partial charge in [-0.05, 0) is 42.2 Å². The van der Waals surface area contributed by atoms with Gasteiger partial charge in [0.05, 0.1) is 0 Å². The molecule has 1 aromatic rings. The van der Waals surface area contributed by atoms with Gasteiger partial charge in [0.2, 0.25) is 0 Å². The Kier molecular flexibility index (Phi) is 6.37. The number of ether oxygens (including phenoxy) is 1. The Bertz CT molecular complexity index is 617. The van der Waals surface area contributed by atoms with E-state index in [1.54, 1.807) is 11.8 Å². The number of thioether (sulfide) groups is 1. The summed E-state index contributed by atoms with van der Waals surface area (Å²) < 4.78 is 5.59. The summed E-state index contributed by atoms with van der Waals surface area (Å²) in [6.45, 7) is 14.3. The number of hydrogen-bond donors (Lipinski definition) is 1. The van der Waals surface area contributed by atoms with Crippen LogP contribution in [-0.4, -0.2) is 22.4 Å². The van der Waals surface area contributed by atoms with Gasteiger partial charge < -0.3 is 9.84 Å². The molecule has 1 saturated carbocycles. The lowest BCUT2D eigenvalue weighted by atomic mass is 9.79. The van der Waals surface area contributed by atoms with Crippen molar-refractivity contribution >= 4 is 17.7 Å². The molecule has 0 amide bonds. The number of phenols is 1. The molecular weight excluding hydrogens is 344 g/mol. The largest absolute Gasteiger partial charge is 0.507 e. The second-order valence-electron chi connectivity index (χ2n) is 9.46. The van der Waals surface area contributed by atoms with Gasteiger partial charge in [0.1, 0.15) is 11.9 Å². The number of carbonyl (C=O) groups is 1. The third-order valence-electron chi connectivity index (χ3n) is 4.95. The highest BCUT2D eigenvalue weighted by molar-refractivity contribution is 8.00. The van der Waals surface area contributed by atoms with E-state index in [1.165, 1.54) is 13.3 Å². The Morgan fingerprint density at radius 1 is 1.04 bits per heavy atom. The van der Waals surface area contributed by atoms with E-state index in [0.717, 1.165) is 35.3 Å². The van der Waals surface area contributed by atoms with Crippen molar-refractivity contribution in [2.24, 2.45) is 0 Å². The Labute approximate surface area is 162 Å². The summed E-state index contributed by atoms with van der Waals surface area (Å²) in [6.07, 6.45) is 4.26. The minimum absolute atomic E-state index is 0.0174. The van der Waals surface area contributed by atoms with Crippen LogP contribution in [-0.2, 0) is 20.4 Å². The van der Waals surface area contributed by atoms with E-state index in [-0.39, 0.29) is 28.2 Å². The van der Waals surface area contributed by atoms with Crippen LogP contribution in [0.5, 0.6) is 5.75 Å². The van der Waals surface area contributed by atoms with E-state index in [2.05, 4.69) is 53.7 Å². The van der Waals surface area contributed by atoms with Crippen molar-refractivity contribution in [3.05, 3.63) is 23.3 Å². The Morgan fingerprint density at radius 2 is 1.54 bits per heavy atom. The number of esters is 1. The molecule has 4 heteroatoms. The molecule has 26 heavy (non-hydrogen) atoms. The van der Waals surface area contributed by atoms with Gasteiger partial charge in [0.15, 0.2) is 0 Å². The lowest BCUT2D eigenvalue weighted by molar-refractivity contribution is -0.147. The number of hydrogen-bond acceptors (Lipinski definition) is 4. The fourth-order valence-corrected chi connectivity index (χ4v) is 4.89. The fraction of sp³-hybridized carbons (Fsp3) is 0.682. The van der Waals surface area contributed by atoms with Crippen molar-refractivity contribution in [1.82, 2.24) is 0 Å². The first-order valence-electron chi connectivity index (χ1n) is 9.61. The van der Waals surface area contributed by atoms with Crippen molar-refractivity contribution < 1.29 is 14.6 Å². The van der Waals surface area contributed by atoms with Gasteiger partial charge >= 0.3 is 5.97 Å². The third-order valence-corrected chi connectivity index (χ3v) is 6.30. The van der Waals surface area contributed by atoms with Gasteiger partial charge in [-0.2, -0.15) is 0 Å². The van der Waals surface area contributed by atoms with Gasteiger partial charge in [-0.1, -0.05) is 48.0 Å². The van der Waals surface area contributed by atoms with Crippen LogP contribution in [0.3, 0.4) is 0 Å². The van der Waals surface area contributed by atoms with Crippen LogP contribution < -0.4 is 0 Å². The second-order valence-corrected chi connectivity index (χ2v) is 10.8. The molecular formula is C22H34O3S. The van der Waals surface area contributed by atoms with Gasteiger partial charge in [-0.3, -0.25) is 4.79 Å². The van der Waals surface area contributed by atoms with Gasteiger partial charge in [-0.15, -0.1) is 11.8 Å². The predicted octanol–water partition coefficient (Wildman–Crippen LogP) is 5.95. The standard InChI is InChI=1S/C22H34O3S/c1-14(23)25-18-10-8-9-11-19(18)26-15-12-16(21(2,3)4)20(24)17(13-15)22(5,6)7/h12-13,18-19,24H,8-11H2,1-7H3. The zero-order valence-electron chi connectivity index (χ0n) is 17.3.